The van der Waals surface area contributed by atoms with Gasteiger partial charge in [0.25, 0.3) is 20.2 Å². The fraction of sp³-hybridized carbons (Fsp3) is 0.625. The summed E-state index contributed by atoms with van der Waals surface area (Å²) in [5.41, 5.74) is 3.21. The molecule has 7 nitrogen and oxygen atoms in total. The highest BCUT2D eigenvalue weighted by atomic mass is 32.2. The molecule has 0 radical (unpaired) electrons. The summed E-state index contributed by atoms with van der Waals surface area (Å²) in [6.45, 7) is 5.19. The zero-order valence-corrected chi connectivity index (χ0v) is 16.3. The van der Waals surface area contributed by atoms with Crippen LogP contribution in [0.15, 0.2) is 18.2 Å². The number of benzene rings is 1. The van der Waals surface area contributed by atoms with Crippen LogP contribution in [0.5, 0.6) is 0 Å². The zero-order valence-electron chi connectivity index (χ0n) is 14.7. The Kier molecular flexibility index (Phi) is 8.33. The summed E-state index contributed by atoms with van der Waals surface area (Å²) < 4.78 is 60.8. The molecule has 0 fully saturated rings. The largest absolute Gasteiger partial charge is 0.372 e. The molecule has 144 valence electrons. The fourth-order valence-corrected chi connectivity index (χ4v) is 3.82. The van der Waals surface area contributed by atoms with Crippen LogP contribution in [-0.2, 0) is 20.2 Å². The minimum absolute atomic E-state index is 0.267. The van der Waals surface area contributed by atoms with Gasteiger partial charge in [0.2, 0.25) is 0 Å². The molecular formula is C16H27NO6S2. The lowest BCUT2D eigenvalue weighted by Crippen LogP contribution is -2.26. The Labute approximate surface area is 150 Å². The van der Waals surface area contributed by atoms with Crippen LogP contribution in [0.4, 0.5) is 5.69 Å². The van der Waals surface area contributed by atoms with Crippen molar-refractivity contribution in [3.8, 4) is 0 Å². The molecule has 0 aliphatic rings. The predicted octanol–water partition coefficient (Wildman–Crippen LogP) is 2.45. The molecular weight excluding hydrogens is 366 g/mol. The van der Waals surface area contributed by atoms with E-state index in [2.05, 4.69) is 11.0 Å². The molecule has 0 bridgehead atoms. The topological polar surface area (TPSA) is 112 Å². The van der Waals surface area contributed by atoms with Crippen LogP contribution in [-0.4, -0.2) is 50.5 Å². The van der Waals surface area contributed by atoms with Crippen LogP contribution in [0.25, 0.3) is 0 Å². The van der Waals surface area contributed by atoms with Crippen molar-refractivity contribution in [2.24, 2.45) is 0 Å². The van der Waals surface area contributed by atoms with Gasteiger partial charge < -0.3 is 4.90 Å². The molecule has 0 aliphatic carbocycles. The Morgan fingerprint density at radius 1 is 0.760 bits per heavy atom. The lowest BCUT2D eigenvalue weighted by atomic mass is 10.1. The number of unbranched alkanes of at least 4 members (excludes halogenated alkanes) is 2. The molecule has 1 rings (SSSR count). The van der Waals surface area contributed by atoms with Crippen molar-refractivity contribution in [1.82, 2.24) is 0 Å². The number of anilines is 1. The number of aryl methyl sites for hydroxylation is 2. The van der Waals surface area contributed by atoms with Gasteiger partial charge in [0.05, 0.1) is 11.5 Å². The van der Waals surface area contributed by atoms with E-state index in [1.165, 1.54) is 0 Å². The third kappa shape index (κ3) is 10.4. The van der Waals surface area contributed by atoms with E-state index < -0.39 is 20.2 Å². The highest BCUT2D eigenvalue weighted by Gasteiger charge is 2.11. The maximum atomic E-state index is 10.8. The third-order valence-corrected chi connectivity index (χ3v) is 5.34. The lowest BCUT2D eigenvalue weighted by molar-refractivity contribution is 0.478. The Morgan fingerprint density at radius 2 is 1.16 bits per heavy atom. The van der Waals surface area contributed by atoms with Gasteiger partial charge >= 0.3 is 0 Å². The lowest BCUT2D eigenvalue weighted by Gasteiger charge is -2.26. The van der Waals surface area contributed by atoms with Crippen molar-refractivity contribution in [2.45, 2.75) is 39.5 Å². The second kappa shape index (κ2) is 9.51. The van der Waals surface area contributed by atoms with Crippen LogP contribution in [0.1, 0.15) is 36.8 Å². The molecule has 2 N–H and O–H groups in total. The van der Waals surface area contributed by atoms with Gasteiger partial charge in [0.1, 0.15) is 0 Å². The monoisotopic (exact) mass is 393 g/mol. The summed E-state index contributed by atoms with van der Waals surface area (Å²) in [6, 6.07) is 6.11. The van der Waals surface area contributed by atoms with Gasteiger partial charge in [-0.15, -0.1) is 0 Å². The maximum Gasteiger partial charge on any atom is 0.264 e. The van der Waals surface area contributed by atoms with Gasteiger partial charge in [-0.05, 0) is 62.8 Å². The highest BCUT2D eigenvalue weighted by Crippen LogP contribution is 2.20. The van der Waals surface area contributed by atoms with E-state index in [-0.39, 0.29) is 11.5 Å². The van der Waals surface area contributed by atoms with Crippen molar-refractivity contribution < 1.29 is 25.9 Å². The Hall–Kier alpha value is -1.16. The first-order valence-electron chi connectivity index (χ1n) is 8.20. The second-order valence-corrected chi connectivity index (χ2v) is 9.46. The molecule has 0 amide bonds. The molecule has 9 heteroatoms. The molecule has 0 aromatic heterocycles. The van der Waals surface area contributed by atoms with Crippen molar-refractivity contribution in [3.63, 3.8) is 0 Å². The highest BCUT2D eigenvalue weighted by molar-refractivity contribution is 7.86. The maximum absolute atomic E-state index is 10.8. The van der Waals surface area contributed by atoms with Crippen molar-refractivity contribution in [2.75, 3.05) is 29.5 Å². The molecule has 0 unspecified atom stereocenters. The molecule has 1 aromatic rings. The Balaban J connectivity index is 2.69. The van der Waals surface area contributed by atoms with Gasteiger partial charge in [-0.3, -0.25) is 9.11 Å². The number of nitrogens with zero attached hydrogens (tertiary/aromatic N) is 1. The summed E-state index contributed by atoms with van der Waals surface area (Å²) in [5.74, 6) is -0.535. The number of hydrogen-bond acceptors (Lipinski definition) is 5. The van der Waals surface area contributed by atoms with Crippen LogP contribution >= 0.6 is 0 Å². The average molecular weight is 394 g/mol. The van der Waals surface area contributed by atoms with E-state index in [0.717, 1.165) is 16.8 Å². The van der Waals surface area contributed by atoms with E-state index in [0.29, 0.717) is 38.8 Å². The summed E-state index contributed by atoms with van der Waals surface area (Å²) in [6.07, 6.45) is 1.88. The smallest absolute Gasteiger partial charge is 0.264 e. The van der Waals surface area contributed by atoms with Gasteiger partial charge in [0.15, 0.2) is 0 Å². The Bertz CT molecular complexity index is 699. The van der Waals surface area contributed by atoms with Crippen molar-refractivity contribution >= 4 is 25.9 Å². The normalized spacial score (nSPS) is 12.3. The van der Waals surface area contributed by atoms with E-state index in [1.54, 1.807) is 0 Å². The SMILES string of the molecule is Cc1cc(C)cc(N(CCCCS(=O)(=O)O)CCCCS(=O)(=O)O)c1. The predicted molar refractivity (Wildman–Crippen MR) is 99.4 cm³/mol. The first kappa shape index (κ1) is 21.9. The zero-order chi connectivity index (χ0) is 19.1. The first-order valence-corrected chi connectivity index (χ1v) is 11.4. The average Bonchev–Trinajstić information content (AvgIpc) is 2.42. The molecule has 0 atom stereocenters. The van der Waals surface area contributed by atoms with Crippen LogP contribution in [0.2, 0.25) is 0 Å². The van der Waals surface area contributed by atoms with E-state index in [4.69, 9.17) is 9.11 Å². The van der Waals surface area contributed by atoms with Crippen molar-refractivity contribution in [3.05, 3.63) is 29.3 Å². The minimum Gasteiger partial charge on any atom is -0.372 e. The van der Waals surface area contributed by atoms with Gasteiger partial charge in [-0.1, -0.05) is 6.07 Å². The van der Waals surface area contributed by atoms with E-state index in [1.807, 2.05) is 26.0 Å². The van der Waals surface area contributed by atoms with Gasteiger partial charge in [0, 0.05) is 18.8 Å². The third-order valence-electron chi connectivity index (χ3n) is 3.73. The molecule has 0 saturated heterocycles. The molecule has 0 aliphatic heterocycles. The van der Waals surface area contributed by atoms with Gasteiger partial charge in [-0.25, -0.2) is 0 Å². The van der Waals surface area contributed by atoms with E-state index >= 15 is 0 Å². The Morgan fingerprint density at radius 3 is 1.52 bits per heavy atom. The van der Waals surface area contributed by atoms with Crippen molar-refractivity contribution in [1.29, 1.82) is 0 Å². The quantitative estimate of drug-likeness (QED) is 0.438. The fourth-order valence-electron chi connectivity index (χ4n) is 2.68. The summed E-state index contributed by atoms with van der Waals surface area (Å²) in [7, 11) is -7.90. The summed E-state index contributed by atoms with van der Waals surface area (Å²) >= 11 is 0. The number of hydrogen-bond donors (Lipinski definition) is 2. The van der Waals surface area contributed by atoms with Crippen LogP contribution in [0.3, 0.4) is 0 Å². The van der Waals surface area contributed by atoms with Gasteiger partial charge in [-0.2, -0.15) is 16.8 Å². The molecule has 25 heavy (non-hydrogen) atoms. The summed E-state index contributed by atoms with van der Waals surface area (Å²) in [5, 5.41) is 0. The molecule has 1 aromatic carbocycles. The van der Waals surface area contributed by atoms with Crippen LogP contribution in [0, 0.1) is 13.8 Å². The first-order chi connectivity index (χ1) is 11.5. The standard InChI is InChI=1S/C16H27NO6S2/c1-14-11-15(2)13-16(12-14)17(7-3-5-9-24(18,19)20)8-4-6-10-25(21,22)23/h11-13H,3-10H2,1-2H3,(H,18,19,20)(H,21,22,23). The second-order valence-electron chi connectivity index (χ2n) is 6.32. The summed E-state index contributed by atoms with van der Waals surface area (Å²) in [4.78, 5) is 2.08. The molecule has 0 heterocycles. The van der Waals surface area contributed by atoms with E-state index in [9.17, 15) is 16.8 Å². The van der Waals surface area contributed by atoms with Crippen LogP contribution < -0.4 is 4.90 Å². The number of rotatable bonds is 11. The molecule has 0 spiro atoms. The molecule has 0 saturated carbocycles. The minimum atomic E-state index is -3.95.